The summed E-state index contributed by atoms with van der Waals surface area (Å²) < 4.78 is 20.8. The molecule has 4 nitrogen and oxygen atoms in total. The standard InChI is InChI=1S/C14H12ClFINO3/c1-14(2,3)21-13(20)18-8-5-4-7(15)11(16)10(8)12(17)9(18)6-19/h4-6H,1-3H3. The van der Waals surface area contributed by atoms with Crippen LogP contribution in [0.15, 0.2) is 12.1 Å². The Morgan fingerprint density at radius 2 is 2.05 bits per heavy atom. The molecule has 0 aliphatic carbocycles. The number of ether oxygens (including phenoxy) is 1. The normalized spacial score (nSPS) is 11.7. The van der Waals surface area contributed by atoms with Gasteiger partial charge >= 0.3 is 6.09 Å². The number of hydrogen-bond acceptors (Lipinski definition) is 3. The fourth-order valence-electron chi connectivity index (χ4n) is 1.90. The molecule has 112 valence electrons. The molecule has 0 atom stereocenters. The number of nitrogens with zero attached hydrogens (tertiary/aromatic N) is 1. The van der Waals surface area contributed by atoms with Gasteiger partial charge < -0.3 is 4.74 Å². The van der Waals surface area contributed by atoms with E-state index in [1.54, 1.807) is 20.8 Å². The Morgan fingerprint density at radius 3 is 2.57 bits per heavy atom. The van der Waals surface area contributed by atoms with Crippen molar-refractivity contribution >= 4 is 57.5 Å². The van der Waals surface area contributed by atoms with Crippen molar-refractivity contribution in [2.24, 2.45) is 0 Å². The molecule has 1 aromatic heterocycles. The number of carbonyl (C=O) groups is 2. The van der Waals surface area contributed by atoms with E-state index in [0.717, 1.165) is 4.57 Å². The third-order valence-corrected chi connectivity index (χ3v) is 4.07. The van der Waals surface area contributed by atoms with E-state index in [-0.39, 0.29) is 21.6 Å². The minimum Gasteiger partial charge on any atom is -0.443 e. The molecule has 21 heavy (non-hydrogen) atoms. The van der Waals surface area contributed by atoms with Crippen LogP contribution in [0, 0.1) is 9.39 Å². The zero-order valence-corrected chi connectivity index (χ0v) is 14.5. The fourth-order valence-corrected chi connectivity index (χ4v) is 2.94. The van der Waals surface area contributed by atoms with Gasteiger partial charge in [0.15, 0.2) is 12.1 Å². The summed E-state index contributed by atoms with van der Waals surface area (Å²) in [5.41, 5.74) is -0.441. The van der Waals surface area contributed by atoms with E-state index in [2.05, 4.69) is 0 Å². The molecule has 0 unspecified atom stereocenters. The van der Waals surface area contributed by atoms with E-state index < -0.39 is 17.5 Å². The molecule has 0 radical (unpaired) electrons. The Hall–Kier alpha value is -1.15. The van der Waals surface area contributed by atoms with Crippen LogP contribution in [0.5, 0.6) is 0 Å². The number of rotatable bonds is 1. The molecule has 2 rings (SSSR count). The molecular formula is C14H12ClFINO3. The Labute approximate surface area is 139 Å². The number of hydrogen-bond donors (Lipinski definition) is 0. The molecule has 0 fully saturated rings. The monoisotopic (exact) mass is 423 g/mol. The quantitative estimate of drug-likeness (QED) is 0.496. The first-order valence-electron chi connectivity index (χ1n) is 6.04. The molecule has 0 spiro atoms. The SMILES string of the molecule is CC(C)(C)OC(=O)n1c(C=O)c(I)c2c(F)c(Cl)ccc21. The topological polar surface area (TPSA) is 48.3 Å². The smallest absolute Gasteiger partial charge is 0.419 e. The maximum Gasteiger partial charge on any atom is 0.419 e. The van der Waals surface area contributed by atoms with Crippen LogP contribution >= 0.6 is 34.2 Å². The average Bonchev–Trinajstić information content (AvgIpc) is 2.65. The molecule has 0 saturated carbocycles. The third-order valence-electron chi connectivity index (χ3n) is 2.69. The number of fused-ring (bicyclic) bond motifs is 1. The van der Waals surface area contributed by atoms with Crippen molar-refractivity contribution in [3.63, 3.8) is 0 Å². The highest BCUT2D eigenvalue weighted by atomic mass is 127. The summed E-state index contributed by atoms with van der Waals surface area (Å²) >= 11 is 7.57. The Morgan fingerprint density at radius 1 is 1.43 bits per heavy atom. The minimum absolute atomic E-state index is 0.0426. The first-order valence-corrected chi connectivity index (χ1v) is 7.49. The molecule has 0 bridgehead atoms. The summed E-state index contributed by atoms with van der Waals surface area (Å²) in [6, 6.07) is 2.82. The van der Waals surface area contributed by atoms with Crippen molar-refractivity contribution in [3.05, 3.63) is 32.2 Å². The molecular weight excluding hydrogens is 412 g/mol. The van der Waals surface area contributed by atoms with Crippen LogP contribution in [-0.2, 0) is 4.74 Å². The summed E-state index contributed by atoms with van der Waals surface area (Å²) in [4.78, 5) is 23.6. The van der Waals surface area contributed by atoms with Gasteiger partial charge in [-0.15, -0.1) is 0 Å². The van der Waals surface area contributed by atoms with Gasteiger partial charge in [0.1, 0.15) is 11.3 Å². The van der Waals surface area contributed by atoms with Gasteiger partial charge in [-0.25, -0.2) is 13.8 Å². The summed E-state index contributed by atoms with van der Waals surface area (Å²) in [5, 5.41) is 0.0651. The number of halogens is 3. The Kier molecular flexibility index (Phi) is 4.30. The van der Waals surface area contributed by atoms with Gasteiger partial charge in [0.2, 0.25) is 0 Å². The van der Waals surface area contributed by atoms with Gasteiger partial charge in [-0.2, -0.15) is 0 Å². The zero-order chi connectivity index (χ0) is 15.9. The van der Waals surface area contributed by atoms with Crippen LogP contribution < -0.4 is 0 Å². The summed E-state index contributed by atoms with van der Waals surface area (Å²) in [6.07, 6.45) is -0.238. The molecule has 7 heteroatoms. The Bertz CT molecular complexity index is 749. The van der Waals surface area contributed by atoms with E-state index in [1.165, 1.54) is 12.1 Å². The molecule has 1 heterocycles. The molecule has 1 aromatic carbocycles. The van der Waals surface area contributed by atoms with E-state index in [9.17, 15) is 14.0 Å². The van der Waals surface area contributed by atoms with Crippen molar-refractivity contribution in [3.8, 4) is 0 Å². The van der Waals surface area contributed by atoms with Crippen LogP contribution in [0.2, 0.25) is 5.02 Å². The van der Waals surface area contributed by atoms with E-state index in [1.807, 2.05) is 22.6 Å². The van der Waals surface area contributed by atoms with Crippen LogP contribution in [0.3, 0.4) is 0 Å². The van der Waals surface area contributed by atoms with Gasteiger partial charge in [0, 0.05) is 0 Å². The van der Waals surface area contributed by atoms with Crippen molar-refractivity contribution in [1.29, 1.82) is 0 Å². The molecule has 0 amide bonds. The van der Waals surface area contributed by atoms with Gasteiger partial charge in [0.25, 0.3) is 0 Å². The van der Waals surface area contributed by atoms with Gasteiger partial charge in [-0.05, 0) is 55.5 Å². The lowest BCUT2D eigenvalue weighted by Gasteiger charge is -2.20. The molecule has 0 aliphatic heterocycles. The summed E-state index contributed by atoms with van der Waals surface area (Å²) in [5.74, 6) is -0.663. The van der Waals surface area contributed by atoms with Crippen molar-refractivity contribution in [2.75, 3.05) is 0 Å². The lowest BCUT2D eigenvalue weighted by Crippen LogP contribution is -2.28. The van der Waals surface area contributed by atoms with Crippen LogP contribution in [-0.4, -0.2) is 22.5 Å². The van der Waals surface area contributed by atoms with E-state index >= 15 is 0 Å². The first kappa shape index (κ1) is 16.2. The first-order chi connectivity index (χ1) is 9.67. The van der Waals surface area contributed by atoms with Gasteiger partial charge in [0.05, 0.1) is 19.5 Å². The molecule has 0 aliphatic rings. The van der Waals surface area contributed by atoms with Crippen molar-refractivity contribution in [1.82, 2.24) is 4.57 Å². The van der Waals surface area contributed by atoms with Crippen molar-refractivity contribution in [2.45, 2.75) is 26.4 Å². The lowest BCUT2D eigenvalue weighted by atomic mass is 10.2. The maximum absolute atomic E-state index is 14.2. The number of aldehydes is 1. The zero-order valence-electron chi connectivity index (χ0n) is 11.5. The second-order valence-electron chi connectivity index (χ2n) is 5.39. The van der Waals surface area contributed by atoms with Crippen LogP contribution in [0.1, 0.15) is 31.3 Å². The van der Waals surface area contributed by atoms with Gasteiger partial charge in [-0.3, -0.25) is 4.79 Å². The van der Waals surface area contributed by atoms with Crippen molar-refractivity contribution < 1.29 is 18.7 Å². The highest BCUT2D eigenvalue weighted by molar-refractivity contribution is 14.1. The molecule has 2 aromatic rings. The van der Waals surface area contributed by atoms with Crippen LogP contribution in [0.4, 0.5) is 9.18 Å². The highest BCUT2D eigenvalue weighted by Gasteiger charge is 2.26. The highest BCUT2D eigenvalue weighted by Crippen LogP contribution is 2.33. The predicted molar refractivity (Wildman–Crippen MR) is 86.6 cm³/mol. The lowest BCUT2D eigenvalue weighted by molar-refractivity contribution is 0.0538. The second kappa shape index (κ2) is 5.57. The van der Waals surface area contributed by atoms with E-state index in [0.29, 0.717) is 9.86 Å². The second-order valence-corrected chi connectivity index (χ2v) is 6.87. The van der Waals surface area contributed by atoms with Gasteiger partial charge in [-0.1, -0.05) is 11.6 Å². The predicted octanol–water partition coefficient (Wildman–Crippen LogP) is 4.63. The number of aromatic nitrogens is 1. The molecule has 0 N–H and O–H groups in total. The van der Waals surface area contributed by atoms with E-state index in [4.69, 9.17) is 16.3 Å². The van der Waals surface area contributed by atoms with Crippen LogP contribution in [0.25, 0.3) is 10.9 Å². The summed E-state index contributed by atoms with van der Waals surface area (Å²) in [7, 11) is 0. The minimum atomic E-state index is -0.737. The number of carbonyl (C=O) groups excluding carboxylic acids is 2. The third kappa shape index (κ3) is 2.91. The average molecular weight is 424 g/mol. The summed E-state index contributed by atoms with van der Waals surface area (Å²) in [6.45, 7) is 5.12. The Balaban J connectivity index is 2.77. The largest absolute Gasteiger partial charge is 0.443 e. The fraction of sp³-hybridized carbons (Fsp3) is 0.286. The maximum atomic E-state index is 14.2. The number of benzene rings is 1. The molecule has 0 saturated heterocycles.